The summed E-state index contributed by atoms with van der Waals surface area (Å²) in [5, 5.41) is 3.13. The zero-order chi connectivity index (χ0) is 12.1. The van der Waals surface area contributed by atoms with Gasteiger partial charge in [-0.3, -0.25) is 0 Å². The molecule has 0 aromatic heterocycles. The Hall–Kier alpha value is -1.96. The molecular weight excluding hydrogens is 210 g/mol. The number of rotatable bonds is 4. The largest absolute Gasteiger partial charge is 0.487 e. The number of aryl methyl sites for hydroxylation is 1. The maximum absolute atomic E-state index is 5.83. The minimum atomic E-state index is 0.596. The molecule has 0 unspecified atom stereocenters. The van der Waals surface area contributed by atoms with Crippen molar-refractivity contribution in [3.63, 3.8) is 0 Å². The van der Waals surface area contributed by atoms with Crippen molar-refractivity contribution in [3.8, 4) is 5.75 Å². The van der Waals surface area contributed by atoms with Gasteiger partial charge in [-0.25, -0.2) is 0 Å². The molecule has 0 aliphatic rings. The van der Waals surface area contributed by atoms with Gasteiger partial charge in [0.25, 0.3) is 0 Å². The van der Waals surface area contributed by atoms with E-state index >= 15 is 0 Å². The predicted molar refractivity (Wildman–Crippen MR) is 71.5 cm³/mol. The van der Waals surface area contributed by atoms with Crippen LogP contribution in [0.4, 0.5) is 5.69 Å². The van der Waals surface area contributed by atoms with Crippen molar-refractivity contribution in [2.24, 2.45) is 0 Å². The van der Waals surface area contributed by atoms with E-state index in [1.807, 2.05) is 31.3 Å². The Labute approximate surface area is 102 Å². The Balaban J connectivity index is 2.11. The second-order valence-corrected chi connectivity index (χ2v) is 4.02. The number of hydrogen-bond acceptors (Lipinski definition) is 2. The quantitative estimate of drug-likeness (QED) is 0.861. The SMILES string of the molecule is CNc1ccc(C)cc1OCc1ccccc1. The summed E-state index contributed by atoms with van der Waals surface area (Å²) in [6.07, 6.45) is 0. The first-order valence-electron chi connectivity index (χ1n) is 5.75. The summed E-state index contributed by atoms with van der Waals surface area (Å²) in [6, 6.07) is 16.3. The fourth-order valence-corrected chi connectivity index (χ4v) is 1.69. The second-order valence-electron chi connectivity index (χ2n) is 4.02. The van der Waals surface area contributed by atoms with Crippen molar-refractivity contribution in [3.05, 3.63) is 59.7 Å². The maximum atomic E-state index is 5.83. The molecule has 88 valence electrons. The zero-order valence-corrected chi connectivity index (χ0v) is 10.2. The smallest absolute Gasteiger partial charge is 0.143 e. The van der Waals surface area contributed by atoms with Crippen LogP contribution in [0.3, 0.4) is 0 Å². The van der Waals surface area contributed by atoms with Crippen LogP contribution in [0.25, 0.3) is 0 Å². The van der Waals surface area contributed by atoms with Crippen LogP contribution in [0.2, 0.25) is 0 Å². The third kappa shape index (κ3) is 3.00. The fourth-order valence-electron chi connectivity index (χ4n) is 1.69. The van der Waals surface area contributed by atoms with Gasteiger partial charge in [0.1, 0.15) is 12.4 Å². The Bertz CT molecular complexity index is 480. The molecule has 0 saturated heterocycles. The standard InChI is InChI=1S/C15H17NO/c1-12-8-9-14(16-2)15(10-12)17-11-13-6-4-3-5-7-13/h3-10,16H,11H2,1-2H3. The van der Waals surface area contributed by atoms with Crippen LogP contribution >= 0.6 is 0 Å². The summed E-state index contributed by atoms with van der Waals surface area (Å²) < 4.78 is 5.83. The van der Waals surface area contributed by atoms with Crippen molar-refractivity contribution in [2.45, 2.75) is 13.5 Å². The number of nitrogens with one attached hydrogen (secondary N) is 1. The highest BCUT2D eigenvalue weighted by Crippen LogP contribution is 2.25. The van der Waals surface area contributed by atoms with Crippen LogP contribution in [0.1, 0.15) is 11.1 Å². The Morgan fingerprint density at radius 2 is 1.82 bits per heavy atom. The fraction of sp³-hybridized carbons (Fsp3) is 0.200. The van der Waals surface area contributed by atoms with E-state index < -0.39 is 0 Å². The van der Waals surface area contributed by atoms with Crippen molar-refractivity contribution in [1.29, 1.82) is 0 Å². The first-order valence-corrected chi connectivity index (χ1v) is 5.75. The number of anilines is 1. The first-order chi connectivity index (χ1) is 8.29. The molecule has 17 heavy (non-hydrogen) atoms. The van der Waals surface area contributed by atoms with Crippen LogP contribution in [0.15, 0.2) is 48.5 Å². The predicted octanol–water partition coefficient (Wildman–Crippen LogP) is 3.62. The molecule has 2 nitrogen and oxygen atoms in total. The van der Waals surface area contributed by atoms with E-state index in [9.17, 15) is 0 Å². The van der Waals surface area contributed by atoms with Crippen molar-refractivity contribution >= 4 is 5.69 Å². The van der Waals surface area contributed by atoms with Crippen LogP contribution < -0.4 is 10.1 Å². The number of hydrogen-bond donors (Lipinski definition) is 1. The zero-order valence-electron chi connectivity index (χ0n) is 10.2. The van der Waals surface area contributed by atoms with E-state index in [0.29, 0.717) is 6.61 Å². The average Bonchev–Trinajstić information content (AvgIpc) is 2.38. The molecule has 2 rings (SSSR count). The third-order valence-corrected chi connectivity index (χ3v) is 2.64. The van der Waals surface area contributed by atoms with E-state index in [0.717, 1.165) is 11.4 Å². The van der Waals surface area contributed by atoms with Gasteiger partial charge >= 0.3 is 0 Å². The minimum Gasteiger partial charge on any atom is -0.487 e. The number of ether oxygens (including phenoxy) is 1. The van der Waals surface area contributed by atoms with Gasteiger partial charge < -0.3 is 10.1 Å². The van der Waals surface area contributed by atoms with Crippen molar-refractivity contribution in [2.75, 3.05) is 12.4 Å². The lowest BCUT2D eigenvalue weighted by molar-refractivity contribution is 0.307. The highest BCUT2D eigenvalue weighted by Gasteiger charge is 2.02. The first kappa shape index (κ1) is 11.5. The monoisotopic (exact) mass is 227 g/mol. The molecule has 0 spiro atoms. The third-order valence-electron chi connectivity index (χ3n) is 2.64. The molecule has 0 fully saturated rings. The van der Waals surface area contributed by atoms with E-state index in [-0.39, 0.29) is 0 Å². The lowest BCUT2D eigenvalue weighted by Gasteiger charge is -2.12. The molecule has 0 radical (unpaired) electrons. The van der Waals surface area contributed by atoms with E-state index in [1.165, 1.54) is 11.1 Å². The lowest BCUT2D eigenvalue weighted by atomic mass is 10.2. The van der Waals surface area contributed by atoms with Gasteiger partial charge in [0.2, 0.25) is 0 Å². The van der Waals surface area contributed by atoms with E-state index in [4.69, 9.17) is 4.74 Å². The average molecular weight is 227 g/mol. The normalized spacial score (nSPS) is 10.0. The van der Waals surface area contributed by atoms with Crippen molar-refractivity contribution in [1.82, 2.24) is 0 Å². The summed E-state index contributed by atoms with van der Waals surface area (Å²) in [6.45, 7) is 2.66. The van der Waals surface area contributed by atoms with Gasteiger partial charge in [-0.05, 0) is 30.2 Å². The van der Waals surface area contributed by atoms with Gasteiger partial charge in [-0.15, -0.1) is 0 Å². The van der Waals surface area contributed by atoms with Crippen molar-refractivity contribution < 1.29 is 4.74 Å². The van der Waals surface area contributed by atoms with Crippen LogP contribution in [-0.4, -0.2) is 7.05 Å². The number of benzene rings is 2. The molecular formula is C15H17NO. The van der Waals surface area contributed by atoms with Gasteiger partial charge in [0.05, 0.1) is 5.69 Å². The molecule has 2 aromatic carbocycles. The molecule has 0 aliphatic carbocycles. The summed E-state index contributed by atoms with van der Waals surface area (Å²) in [4.78, 5) is 0. The Morgan fingerprint density at radius 3 is 2.53 bits per heavy atom. The van der Waals surface area contributed by atoms with Gasteiger partial charge in [0.15, 0.2) is 0 Å². The summed E-state index contributed by atoms with van der Waals surface area (Å²) in [5.74, 6) is 0.899. The van der Waals surface area contributed by atoms with Gasteiger partial charge in [-0.2, -0.15) is 0 Å². The Morgan fingerprint density at radius 1 is 1.06 bits per heavy atom. The molecule has 1 N–H and O–H groups in total. The van der Waals surface area contributed by atoms with Gasteiger partial charge in [0, 0.05) is 7.05 Å². The topological polar surface area (TPSA) is 21.3 Å². The van der Waals surface area contributed by atoms with E-state index in [1.54, 1.807) is 0 Å². The van der Waals surface area contributed by atoms with Crippen LogP contribution in [0, 0.1) is 6.92 Å². The van der Waals surface area contributed by atoms with E-state index in [2.05, 4.69) is 36.5 Å². The summed E-state index contributed by atoms with van der Waals surface area (Å²) in [7, 11) is 1.90. The molecule has 2 aromatic rings. The molecule has 0 aliphatic heterocycles. The molecule has 0 bridgehead atoms. The molecule has 0 heterocycles. The lowest BCUT2D eigenvalue weighted by Crippen LogP contribution is -1.99. The molecule has 2 heteroatoms. The highest BCUT2D eigenvalue weighted by atomic mass is 16.5. The van der Waals surface area contributed by atoms with Gasteiger partial charge in [-0.1, -0.05) is 36.4 Å². The summed E-state index contributed by atoms with van der Waals surface area (Å²) >= 11 is 0. The molecule has 0 atom stereocenters. The minimum absolute atomic E-state index is 0.596. The molecule has 0 saturated carbocycles. The summed E-state index contributed by atoms with van der Waals surface area (Å²) in [5.41, 5.74) is 3.40. The maximum Gasteiger partial charge on any atom is 0.143 e. The second kappa shape index (κ2) is 5.39. The highest BCUT2D eigenvalue weighted by molar-refractivity contribution is 5.57. The van der Waals surface area contributed by atoms with Crippen LogP contribution in [0.5, 0.6) is 5.75 Å². The van der Waals surface area contributed by atoms with Crippen LogP contribution in [-0.2, 0) is 6.61 Å². The molecule has 0 amide bonds. The Kier molecular flexibility index (Phi) is 3.66.